The number of carbonyl (C=O) groups is 2. The topological polar surface area (TPSA) is 75.4 Å². The van der Waals surface area contributed by atoms with E-state index < -0.39 is 11.6 Å². The summed E-state index contributed by atoms with van der Waals surface area (Å²) >= 11 is 6.01. The van der Waals surface area contributed by atoms with Gasteiger partial charge in [-0.3, -0.25) is 9.69 Å². The summed E-state index contributed by atoms with van der Waals surface area (Å²) in [5.74, 6) is -0.249. The minimum absolute atomic E-state index is 0.103. The van der Waals surface area contributed by atoms with E-state index in [1.54, 1.807) is 12.1 Å². The van der Waals surface area contributed by atoms with Crippen molar-refractivity contribution in [2.75, 3.05) is 0 Å². The molecule has 2 heterocycles. The highest BCUT2D eigenvalue weighted by Gasteiger charge is 2.55. The first kappa shape index (κ1) is 13.3. The number of nitrogens with one attached hydrogen (secondary N) is 1. The minimum atomic E-state index is -0.971. The van der Waals surface area contributed by atoms with Crippen LogP contribution in [-0.2, 0) is 23.3 Å². The molecule has 1 atom stereocenters. The van der Waals surface area contributed by atoms with E-state index in [4.69, 9.17) is 16.1 Å². The van der Waals surface area contributed by atoms with Crippen molar-refractivity contribution in [1.82, 2.24) is 15.4 Å². The maximum absolute atomic E-state index is 12.9. The summed E-state index contributed by atoms with van der Waals surface area (Å²) < 4.78 is 4.75. The van der Waals surface area contributed by atoms with Crippen molar-refractivity contribution >= 4 is 23.5 Å². The first-order valence-electron chi connectivity index (χ1n) is 6.92. The van der Waals surface area contributed by atoms with E-state index in [2.05, 4.69) is 10.5 Å². The van der Waals surface area contributed by atoms with Gasteiger partial charge in [0.15, 0.2) is 0 Å². The Morgan fingerprint density at radius 3 is 3.00 bits per heavy atom. The molecular weight excluding hydrogens is 306 g/mol. The Balaban J connectivity index is 1.71. The summed E-state index contributed by atoms with van der Waals surface area (Å²) in [6, 6.07) is 6.64. The highest BCUT2D eigenvalue weighted by Crippen LogP contribution is 2.42. The molecule has 1 saturated heterocycles. The standard InChI is InChI=1S/C15H12ClN3O3/c16-10-1-2-12-9(7-10)3-5-15(12)13(20)19(14(21)17-15)8-11-4-6-22-18-11/h1-2,4,6-7H,3,5,8H2,(H,17,21). The maximum Gasteiger partial charge on any atom is 0.325 e. The molecule has 4 rings (SSSR count). The fraction of sp³-hybridized carbons (Fsp3) is 0.267. The Kier molecular flexibility index (Phi) is 2.77. The third-order valence-corrected chi connectivity index (χ3v) is 4.52. The molecule has 0 saturated carbocycles. The SMILES string of the molecule is O=C1NC2(CCc3cc(Cl)ccc32)C(=O)N1Cc1ccon1. The lowest BCUT2D eigenvalue weighted by atomic mass is 9.92. The monoisotopic (exact) mass is 317 g/mol. The second-order valence-corrected chi connectivity index (χ2v) is 5.96. The molecule has 1 aromatic carbocycles. The molecule has 1 spiro atoms. The first-order chi connectivity index (χ1) is 10.6. The average Bonchev–Trinajstić information content (AvgIpc) is 3.17. The highest BCUT2D eigenvalue weighted by atomic mass is 35.5. The Morgan fingerprint density at radius 1 is 1.36 bits per heavy atom. The smallest absolute Gasteiger partial charge is 0.325 e. The maximum atomic E-state index is 12.9. The molecule has 1 fully saturated rings. The van der Waals surface area contributed by atoms with Crippen LogP contribution in [0.15, 0.2) is 35.1 Å². The molecule has 3 amide bonds. The second kappa shape index (κ2) is 4.58. The zero-order valence-electron chi connectivity index (χ0n) is 11.5. The summed E-state index contributed by atoms with van der Waals surface area (Å²) in [6.07, 6.45) is 2.67. The molecule has 2 aromatic rings. The molecule has 7 heteroatoms. The van der Waals surface area contributed by atoms with Gasteiger partial charge in [0, 0.05) is 11.1 Å². The van der Waals surface area contributed by atoms with E-state index in [0.29, 0.717) is 23.6 Å². The lowest BCUT2D eigenvalue weighted by molar-refractivity contribution is -0.132. The summed E-state index contributed by atoms with van der Waals surface area (Å²) in [5, 5.41) is 7.24. The zero-order chi connectivity index (χ0) is 15.3. The zero-order valence-corrected chi connectivity index (χ0v) is 12.3. The fourth-order valence-electron chi connectivity index (χ4n) is 3.25. The second-order valence-electron chi connectivity index (χ2n) is 5.52. The number of aromatic nitrogens is 1. The number of nitrogens with zero attached hydrogens (tertiary/aromatic N) is 2. The van der Waals surface area contributed by atoms with Gasteiger partial charge in [0.25, 0.3) is 5.91 Å². The van der Waals surface area contributed by atoms with E-state index in [-0.39, 0.29) is 12.5 Å². The van der Waals surface area contributed by atoms with Gasteiger partial charge in [-0.25, -0.2) is 4.79 Å². The van der Waals surface area contributed by atoms with Gasteiger partial charge in [-0.15, -0.1) is 0 Å². The first-order valence-corrected chi connectivity index (χ1v) is 7.30. The van der Waals surface area contributed by atoms with Crippen molar-refractivity contribution in [3.05, 3.63) is 52.4 Å². The Hall–Kier alpha value is -2.34. The molecular formula is C15H12ClN3O3. The number of amides is 3. The van der Waals surface area contributed by atoms with Gasteiger partial charge < -0.3 is 9.84 Å². The Labute approximate surface area is 131 Å². The van der Waals surface area contributed by atoms with E-state index in [0.717, 1.165) is 11.1 Å². The molecule has 1 aliphatic heterocycles. The van der Waals surface area contributed by atoms with Crippen LogP contribution in [0.2, 0.25) is 5.02 Å². The number of fused-ring (bicyclic) bond motifs is 2. The average molecular weight is 318 g/mol. The fourth-order valence-corrected chi connectivity index (χ4v) is 3.44. The van der Waals surface area contributed by atoms with E-state index in [9.17, 15) is 9.59 Å². The molecule has 112 valence electrons. The number of rotatable bonds is 2. The number of imide groups is 1. The predicted molar refractivity (Wildman–Crippen MR) is 77.0 cm³/mol. The number of benzene rings is 1. The molecule has 22 heavy (non-hydrogen) atoms. The van der Waals surface area contributed by atoms with Gasteiger partial charge in [0.1, 0.15) is 17.5 Å². The molecule has 0 radical (unpaired) electrons. The lowest BCUT2D eigenvalue weighted by Gasteiger charge is -2.22. The number of aryl methyl sites for hydroxylation is 1. The third kappa shape index (κ3) is 1.77. The van der Waals surface area contributed by atoms with Crippen molar-refractivity contribution in [3.8, 4) is 0 Å². The number of hydrogen-bond acceptors (Lipinski definition) is 4. The van der Waals surface area contributed by atoms with Crippen LogP contribution < -0.4 is 5.32 Å². The molecule has 1 N–H and O–H groups in total. The van der Waals surface area contributed by atoms with Crippen LogP contribution in [0.3, 0.4) is 0 Å². The van der Waals surface area contributed by atoms with Crippen molar-refractivity contribution in [1.29, 1.82) is 0 Å². The van der Waals surface area contributed by atoms with Crippen LogP contribution in [0.4, 0.5) is 4.79 Å². The summed E-state index contributed by atoms with van der Waals surface area (Å²) in [7, 11) is 0. The van der Waals surface area contributed by atoms with Gasteiger partial charge in [0.05, 0.1) is 6.54 Å². The van der Waals surface area contributed by atoms with Crippen molar-refractivity contribution in [3.63, 3.8) is 0 Å². The number of carbonyl (C=O) groups excluding carboxylic acids is 2. The third-order valence-electron chi connectivity index (χ3n) is 4.28. The van der Waals surface area contributed by atoms with Crippen molar-refractivity contribution in [2.24, 2.45) is 0 Å². The van der Waals surface area contributed by atoms with Crippen LogP contribution in [0, 0.1) is 0 Å². The van der Waals surface area contributed by atoms with Crippen LogP contribution in [-0.4, -0.2) is 22.0 Å². The number of halogens is 1. The largest absolute Gasteiger partial charge is 0.364 e. The lowest BCUT2D eigenvalue weighted by Crippen LogP contribution is -2.41. The van der Waals surface area contributed by atoms with Gasteiger partial charge in [-0.2, -0.15) is 0 Å². The predicted octanol–water partition coefficient (Wildman–Crippen LogP) is 2.22. The molecule has 1 aliphatic carbocycles. The quantitative estimate of drug-likeness (QED) is 0.862. The minimum Gasteiger partial charge on any atom is -0.364 e. The molecule has 2 aliphatic rings. The number of hydrogen-bond donors (Lipinski definition) is 1. The van der Waals surface area contributed by atoms with Crippen LogP contribution in [0.5, 0.6) is 0 Å². The summed E-state index contributed by atoms with van der Waals surface area (Å²) in [5.41, 5.74) is 1.40. The Bertz CT molecular complexity index is 774. The van der Waals surface area contributed by atoms with Gasteiger partial charge in [-0.05, 0) is 36.1 Å². The highest BCUT2D eigenvalue weighted by molar-refractivity contribution is 6.30. The van der Waals surface area contributed by atoms with E-state index in [1.807, 2.05) is 12.1 Å². The van der Waals surface area contributed by atoms with E-state index in [1.165, 1.54) is 11.2 Å². The normalized spacial score (nSPS) is 23.2. The van der Waals surface area contributed by atoms with Crippen molar-refractivity contribution < 1.29 is 14.1 Å². The molecule has 6 nitrogen and oxygen atoms in total. The van der Waals surface area contributed by atoms with E-state index >= 15 is 0 Å². The summed E-state index contributed by atoms with van der Waals surface area (Å²) in [4.78, 5) is 26.3. The summed E-state index contributed by atoms with van der Waals surface area (Å²) in [6.45, 7) is 0.103. The van der Waals surface area contributed by atoms with Crippen LogP contribution in [0.1, 0.15) is 23.2 Å². The van der Waals surface area contributed by atoms with Crippen LogP contribution in [0.25, 0.3) is 0 Å². The van der Waals surface area contributed by atoms with Gasteiger partial charge in [0.2, 0.25) is 0 Å². The molecule has 0 bridgehead atoms. The van der Waals surface area contributed by atoms with Gasteiger partial charge in [-0.1, -0.05) is 22.8 Å². The van der Waals surface area contributed by atoms with Crippen LogP contribution >= 0.6 is 11.6 Å². The Morgan fingerprint density at radius 2 is 2.23 bits per heavy atom. The van der Waals surface area contributed by atoms with Crippen molar-refractivity contribution in [2.45, 2.75) is 24.9 Å². The van der Waals surface area contributed by atoms with Gasteiger partial charge >= 0.3 is 6.03 Å². The molecule has 1 unspecified atom stereocenters. The molecule has 1 aromatic heterocycles. The number of urea groups is 1.